The highest BCUT2D eigenvalue weighted by Crippen LogP contribution is 2.48. The van der Waals surface area contributed by atoms with E-state index in [4.69, 9.17) is 30.5 Å². The van der Waals surface area contributed by atoms with E-state index in [1.54, 1.807) is 0 Å². The van der Waals surface area contributed by atoms with Crippen LogP contribution in [0.5, 0.6) is 0 Å². The lowest BCUT2D eigenvalue weighted by Crippen LogP contribution is -2.10. The Kier molecular flexibility index (Phi) is 3.17. The zero-order valence-corrected chi connectivity index (χ0v) is 27.1. The predicted molar refractivity (Wildman–Crippen MR) is 228 cm³/mol. The molecule has 0 N–H and O–H groups in total. The summed E-state index contributed by atoms with van der Waals surface area (Å²) in [6.45, 7) is 0. The Hall–Kier alpha value is -7.16. The summed E-state index contributed by atoms with van der Waals surface area (Å²) in [6.07, 6.45) is 0. The zero-order chi connectivity index (χ0) is 63.7. The lowest BCUT2D eigenvalue weighted by Gasteiger charge is -2.27. The van der Waals surface area contributed by atoms with Crippen LogP contribution in [0.1, 0.15) is 43.9 Å². The molecule has 0 radical (unpaired) electrons. The van der Waals surface area contributed by atoms with E-state index >= 15 is 0 Å². The minimum absolute atomic E-state index is 0.395. The van der Waals surface area contributed by atoms with Gasteiger partial charge in [-0.25, -0.2) is 0 Å². The van der Waals surface area contributed by atoms with Crippen LogP contribution < -0.4 is 4.90 Å². The number of nitrogens with zero attached hydrogens (tertiary/aromatic N) is 1. The molecule has 254 valence electrons. The van der Waals surface area contributed by atoms with Gasteiger partial charge >= 0.3 is 0 Å². The van der Waals surface area contributed by atoms with Crippen molar-refractivity contribution in [3.8, 4) is 44.5 Å². The number of fused-ring (bicyclic) bond motifs is 5. The maximum Gasteiger partial charge on any atom is 0.143 e. The van der Waals surface area contributed by atoms with Crippen molar-refractivity contribution in [1.82, 2.24) is 0 Å². The van der Waals surface area contributed by atoms with Crippen LogP contribution in [0.4, 0.5) is 17.1 Å². The number of hydrogen-bond acceptors (Lipinski definition) is 2. The van der Waals surface area contributed by atoms with Crippen LogP contribution in [0, 0.1) is 0 Å². The summed E-state index contributed by atoms with van der Waals surface area (Å²) in [4.78, 5) is 0.395. The summed E-state index contributed by atoms with van der Waals surface area (Å²) >= 11 is 0. The fraction of sp³-hybridized carbons (Fsp3) is 0. The molecule has 0 saturated heterocycles. The largest absolute Gasteiger partial charge is 0.455 e. The Bertz CT molecular complexity index is 4710. The molecule has 1 aromatic heterocycles. The SMILES string of the molecule is [2H]c1cc(-c2c([2H])c([2H])c(N(c3c([2H])c([2H])c(-c4c([2H])cc([2H])c([2H])c4[2H])c([2H])c3[2H])c3c([2H])c(-c4c([2H])cc([2H])c([2H])c4[2H])c([2H])c4oc5c6c([2H])c([2H])c([2H])c([2H])c6c(-c6c([2H])c([2H])c([2H])c([2H])c6[2H])c([2H])c5c34)c([2H])c2[2H])c([2H])c([2H])c1[2H]. The van der Waals surface area contributed by atoms with Crippen molar-refractivity contribution in [2.45, 2.75) is 0 Å². The van der Waals surface area contributed by atoms with Crippen molar-refractivity contribution < 1.29 is 48.3 Å². The number of benzene rings is 9. The van der Waals surface area contributed by atoms with Gasteiger partial charge in [-0.2, -0.15) is 0 Å². The van der Waals surface area contributed by atoms with Gasteiger partial charge in [-0.3, -0.25) is 0 Å². The normalized spacial score (nSPS) is 19.6. The minimum Gasteiger partial charge on any atom is -0.455 e. The molecule has 0 amide bonds. The second-order valence-corrected chi connectivity index (χ2v) is 11.2. The predicted octanol–water partition coefficient (Wildman–Crippen LogP) is 14.9. The van der Waals surface area contributed by atoms with Gasteiger partial charge < -0.3 is 9.32 Å². The fourth-order valence-corrected chi connectivity index (χ4v) is 5.75. The van der Waals surface area contributed by atoms with Crippen molar-refractivity contribution in [2.24, 2.45) is 0 Å². The van der Waals surface area contributed by atoms with Crippen molar-refractivity contribution in [3.63, 3.8) is 0 Å². The fourth-order valence-electron chi connectivity index (χ4n) is 5.75. The van der Waals surface area contributed by atoms with Crippen LogP contribution in [0.2, 0.25) is 0 Å². The van der Waals surface area contributed by atoms with E-state index in [2.05, 4.69) is 0 Å². The van der Waals surface area contributed by atoms with Crippen molar-refractivity contribution in [3.05, 3.63) is 212 Å². The zero-order valence-electron chi connectivity index (χ0n) is 59.1. The Balaban J connectivity index is 1.56. The summed E-state index contributed by atoms with van der Waals surface area (Å²) in [7, 11) is 0. The quantitative estimate of drug-likeness (QED) is 0.163. The Morgan fingerprint density at radius 3 is 1.63 bits per heavy atom. The third-order valence-electron chi connectivity index (χ3n) is 8.10. The second-order valence-electron chi connectivity index (χ2n) is 11.2. The number of rotatable bonds is 7. The smallest absolute Gasteiger partial charge is 0.143 e. The van der Waals surface area contributed by atoms with Crippen LogP contribution >= 0.6 is 0 Å². The van der Waals surface area contributed by atoms with E-state index in [0.29, 0.717) is 4.90 Å². The summed E-state index contributed by atoms with van der Waals surface area (Å²) in [5, 5.41) is -3.13. The van der Waals surface area contributed by atoms with Crippen molar-refractivity contribution in [2.75, 3.05) is 4.90 Å². The molecule has 0 aliphatic rings. The average molecular weight is 722 g/mol. The van der Waals surface area contributed by atoms with Crippen LogP contribution in [-0.4, -0.2) is 0 Å². The maximum absolute atomic E-state index is 10.4. The highest BCUT2D eigenvalue weighted by Gasteiger charge is 2.23. The second kappa shape index (κ2) is 13.4. The molecule has 0 spiro atoms. The molecule has 9 aromatic carbocycles. The molecule has 0 aliphatic carbocycles. The molecule has 0 fully saturated rings. The Morgan fingerprint density at radius 1 is 0.389 bits per heavy atom. The van der Waals surface area contributed by atoms with Crippen LogP contribution in [-0.2, 0) is 0 Å². The van der Waals surface area contributed by atoms with E-state index in [1.807, 2.05) is 0 Å². The Labute approximate surface area is 359 Å². The van der Waals surface area contributed by atoms with E-state index in [1.165, 1.54) is 0 Å². The summed E-state index contributed by atoms with van der Waals surface area (Å²) in [6, 6.07) is -29.3. The molecule has 0 bridgehead atoms. The van der Waals surface area contributed by atoms with Gasteiger partial charge in [0.25, 0.3) is 0 Å². The van der Waals surface area contributed by atoms with Crippen molar-refractivity contribution >= 4 is 49.8 Å². The molecule has 1 heterocycles. The minimum atomic E-state index is -1.28. The first-order valence-corrected chi connectivity index (χ1v) is 15.8. The molecule has 10 rings (SSSR count). The van der Waals surface area contributed by atoms with Crippen LogP contribution in [0.25, 0.3) is 77.2 Å². The maximum atomic E-state index is 10.4. The topological polar surface area (TPSA) is 16.4 Å². The molecular weight excluding hydrogens is 655 g/mol. The third-order valence-corrected chi connectivity index (χ3v) is 8.10. The lowest BCUT2D eigenvalue weighted by molar-refractivity contribution is 0.673. The molecule has 2 nitrogen and oxygen atoms in total. The molecule has 0 aliphatic heterocycles. The van der Waals surface area contributed by atoms with Crippen LogP contribution in [0.15, 0.2) is 216 Å². The molecular formula is C52H35NO. The van der Waals surface area contributed by atoms with Crippen LogP contribution in [0.3, 0.4) is 0 Å². The van der Waals surface area contributed by atoms with Gasteiger partial charge in [0.1, 0.15) is 11.2 Å². The molecule has 0 unspecified atom stereocenters. The van der Waals surface area contributed by atoms with E-state index < -0.39 is 288 Å². The molecule has 0 atom stereocenters. The highest BCUT2D eigenvalue weighted by molar-refractivity contribution is 6.23. The van der Waals surface area contributed by atoms with Gasteiger partial charge in [-0.05, 0) is 92.2 Å². The first kappa shape index (κ1) is 12.8. The highest BCUT2D eigenvalue weighted by atomic mass is 16.3. The van der Waals surface area contributed by atoms with E-state index in [9.17, 15) is 17.8 Å². The average Bonchev–Trinajstić information content (AvgIpc) is 1.39. The molecule has 54 heavy (non-hydrogen) atoms. The molecule has 2 heteroatoms. The van der Waals surface area contributed by atoms with Crippen molar-refractivity contribution in [1.29, 1.82) is 0 Å². The molecule has 10 aromatic rings. The summed E-state index contributed by atoms with van der Waals surface area (Å²) in [5.41, 5.74) is -11.6. The first-order chi connectivity index (χ1) is 40.1. The van der Waals surface area contributed by atoms with E-state index in [-0.39, 0.29) is 0 Å². The first-order valence-electron chi connectivity index (χ1n) is 31.8. The van der Waals surface area contributed by atoms with Gasteiger partial charge in [0.15, 0.2) is 0 Å². The Morgan fingerprint density at radius 2 is 0.926 bits per heavy atom. The van der Waals surface area contributed by atoms with Gasteiger partial charge in [0.2, 0.25) is 0 Å². The number of anilines is 3. The summed E-state index contributed by atoms with van der Waals surface area (Å²) in [5.74, 6) is 0. The number of hydrogen-bond donors (Lipinski definition) is 0. The third kappa shape index (κ3) is 5.62. The summed E-state index contributed by atoms with van der Waals surface area (Å²) < 4.78 is 297. The number of furan rings is 1. The van der Waals surface area contributed by atoms with Gasteiger partial charge in [0.05, 0.1) is 54.9 Å². The molecule has 0 saturated carbocycles. The van der Waals surface area contributed by atoms with Gasteiger partial charge in [0, 0.05) is 22.1 Å². The standard InChI is InChI=1S/C52H35NO/c1-5-15-36(16-6-1)39-25-29-43(30-26-39)53(44-31-27-40(28-32-44)37-17-7-2-8-18-37)49-33-42(38-19-9-3-10-20-38)34-50-51(49)48-35-47(41-21-11-4-12-22-41)45-23-13-14-24-46(45)52(48)54-50/h1-35H/i1D,2D,3D,4D,5D,6D,7D,9D,11D,12D,13D,14D,15D,17D,18D,19D,20D,21D,22D,23D,24D,25D,26D,27D,28D,29D,30D,31D,32D,33D,34D,35D. The lowest BCUT2D eigenvalue weighted by atomic mass is 9.94. The van der Waals surface area contributed by atoms with Gasteiger partial charge in [-0.15, -0.1) is 0 Å². The van der Waals surface area contributed by atoms with E-state index in [0.717, 1.165) is 18.2 Å². The monoisotopic (exact) mass is 721 g/mol. The van der Waals surface area contributed by atoms with Gasteiger partial charge in [-0.1, -0.05) is 169 Å².